The van der Waals surface area contributed by atoms with Gasteiger partial charge in [-0.25, -0.2) is 4.39 Å². The van der Waals surface area contributed by atoms with Crippen LogP contribution in [0.5, 0.6) is 0 Å². The molecule has 122 valence electrons. The Balaban J connectivity index is 1.58. The molecule has 1 aromatic heterocycles. The molecule has 0 atom stereocenters. The first-order valence-electron chi connectivity index (χ1n) is 7.77. The zero-order valence-electron chi connectivity index (χ0n) is 13.2. The molecule has 0 spiro atoms. The number of nitriles is 1. The molecule has 1 saturated heterocycles. The van der Waals surface area contributed by atoms with Crippen LogP contribution in [0.1, 0.15) is 21.5 Å². The predicted octanol–water partition coefficient (Wildman–Crippen LogP) is 2.05. The second-order valence-corrected chi connectivity index (χ2v) is 5.73. The molecular formula is C18H17FN4O. The lowest BCUT2D eigenvalue weighted by Gasteiger charge is -2.34. The minimum atomic E-state index is -0.492. The van der Waals surface area contributed by atoms with Crippen LogP contribution in [0.25, 0.3) is 0 Å². The summed E-state index contributed by atoms with van der Waals surface area (Å²) in [5.41, 5.74) is 1.62. The molecule has 3 rings (SSSR count). The van der Waals surface area contributed by atoms with Gasteiger partial charge in [0.2, 0.25) is 0 Å². The molecule has 6 heteroatoms. The summed E-state index contributed by atoms with van der Waals surface area (Å²) in [4.78, 5) is 20.3. The lowest BCUT2D eigenvalue weighted by Crippen LogP contribution is -2.48. The lowest BCUT2D eigenvalue weighted by atomic mass is 10.1. The average Bonchev–Trinajstić information content (AvgIpc) is 2.64. The van der Waals surface area contributed by atoms with Crippen LogP contribution in [0.15, 0.2) is 42.7 Å². The van der Waals surface area contributed by atoms with E-state index in [2.05, 4.69) is 9.88 Å². The molecule has 1 amide bonds. The molecule has 0 saturated carbocycles. The largest absolute Gasteiger partial charge is 0.336 e. The van der Waals surface area contributed by atoms with Crippen molar-refractivity contribution in [3.8, 4) is 6.07 Å². The van der Waals surface area contributed by atoms with Gasteiger partial charge in [0.1, 0.15) is 11.9 Å². The van der Waals surface area contributed by atoms with Crippen molar-refractivity contribution in [2.24, 2.45) is 0 Å². The van der Waals surface area contributed by atoms with Crippen LogP contribution in [0, 0.1) is 17.1 Å². The Bertz CT molecular complexity index is 764. The summed E-state index contributed by atoms with van der Waals surface area (Å²) in [6.45, 7) is 3.43. The second-order valence-electron chi connectivity index (χ2n) is 5.73. The first kappa shape index (κ1) is 16.1. The normalized spacial score (nSPS) is 15.1. The summed E-state index contributed by atoms with van der Waals surface area (Å²) < 4.78 is 13.4. The van der Waals surface area contributed by atoms with E-state index in [0.29, 0.717) is 25.2 Å². The quantitative estimate of drug-likeness (QED) is 0.867. The molecule has 2 aromatic rings. The Labute approximate surface area is 139 Å². The van der Waals surface area contributed by atoms with E-state index in [9.17, 15) is 9.18 Å². The molecule has 0 radical (unpaired) electrons. The third kappa shape index (κ3) is 3.58. The number of halogens is 1. The Morgan fingerprint density at radius 1 is 1.17 bits per heavy atom. The van der Waals surface area contributed by atoms with Gasteiger partial charge in [0.15, 0.2) is 0 Å². The number of benzene rings is 1. The summed E-state index contributed by atoms with van der Waals surface area (Å²) in [7, 11) is 0. The Kier molecular flexibility index (Phi) is 4.82. The number of hydrogen-bond acceptors (Lipinski definition) is 4. The maximum Gasteiger partial charge on any atom is 0.254 e. The third-order valence-electron chi connectivity index (χ3n) is 4.14. The number of nitrogens with zero attached hydrogens (tertiary/aromatic N) is 4. The first-order chi connectivity index (χ1) is 11.7. The average molecular weight is 324 g/mol. The van der Waals surface area contributed by atoms with Crippen LogP contribution in [-0.2, 0) is 6.54 Å². The number of carbonyl (C=O) groups is 1. The number of aromatic nitrogens is 1. The summed E-state index contributed by atoms with van der Waals surface area (Å²) >= 11 is 0. The van der Waals surface area contributed by atoms with Gasteiger partial charge in [-0.3, -0.25) is 14.7 Å². The van der Waals surface area contributed by atoms with Gasteiger partial charge >= 0.3 is 0 Å². The minimum absolute atomic E-state index is 0.0191. The van der Waals surface area contributed by atoms with Crippen LogP contribution in [0.2, 0.25) is 0 Å². The number of carbonyl (C=O) groups excluding carboxylic acids is 1. The number of pyridine rings is 1. The highest BCUT2D eigenvalue weighted by Gasteiger charge is 2.22. The van der Waals surface area contributed by atoms with E-state index in [0.717, 1.165) is 18.7 Å². The Hall–Kier alpha value is -2.78. The van der Waals surface area contributed by atoms with Crippen molar-refractivity contribution < 1.29 is 9.18 Å². The van der Waals surface area contributed by atoms with Crippen LogP contribution in [0.4, 0.5) is 4.39 Å². The fourth-order valence-corrected chi connectivity index (χ4v) is 2.80. The van der Waals surface area contributed by atoms with Gasteiger partial charge in [-0.15, -0.1) is 0 Å². The molecule has 0 bridgehead atoms. The van der Waals surface area contributed by atoms with E-state index >= 15 is 0 Å². The zero-order chi connectivity index (χ0) is 16.9. The topological polar surface area (TPSA) is 60.2 Å². The van der Waals surface area contributed by atoms with Crippen molar-refractivity contribution in [2.45, 2.75) is 6.54 Å². The summed E-state index contributed by atoms with van der Waals surface area (Å²) in [5.74, 6) is -0.473. The highest BCUT2D eigenvalue weighted by Crippen LogP contribution is 2.14. The van der Waals surface area contributed by atoms with Gasteiger partial charge in [-0.2, -0.15) is 5.26 Å². The van der Waals surface area contributed by atoms with Crippen molar-refractivity contribution in [1.29, 1.82) is 5.26 Å². The summed E-state index contributed by atoms with van der Waals surface area (Å²) in [6.07, 6.45) is 3.23. The van der Waals surface area contributed by atoms with Gasteiger partial charge in [0.05, 0.1) is 5.56 Å². The van der Waals surface area contributed by atoms with Crippen LogP contribution >= 0.6 is 0 Å². The number of piperazine rings is 1. The minimum Gasteiger partial charge on any atom is -0.336 e. The van der Waals surface area contributed by atoms with Gasteiger partial charge in [-0.05, 0) is 29.8 Å². The Morgan fingerprint density at radius 2 is 1.88 bits per heavy atom. The van der Waals surface area contributed by atoms with E-state index < -0.39 is 5.82 Å². The molecule has 0 aliphatic carbocycles. The first-order valence-corrected chi connectivity index (χ1v) is 7.77. The lowest BCUT2D eigenvalue weighted by molar-refractivity contribution is 0.0628. The maximum atomic E-state index is 13.4. The molecule has 24 heavy (non-hydrogen) atoms. The van der Waals surface area contributed by atoms with Crippen molar-refractivity contribution in [1.82, 2.24) is 14.8 Å². The predicted molar refractivity (Wildman–Crippen MR) is 86.5 cm³/mol. The molecule has 0 unspecified atom stereocenters. The molecule has 0 N–H and O–H groups in total. The fourth-order valence-electron chi connectivity index (χ4n) is 2.80. The second kappa shape index (κ2) is 7.20. The molecule has 1 aromatic carbocycles. The molecule has 5 nitrogen and oxygen atoms in total. The zero-order valence-corrected chi connectivity index (χ0v) is 13.2. The van der Waals surface area contributed by atoms with E-state index in [4.69, 9.17) is 5.26 Å². The number of hydrogen-bond donors (Lipinski definition) is 0. The van der Waals surface area contributed by atoms with E-state index in [-0.39, 0.29) is 11.5 Å². The van der Waals surface area contributed by atoms with Crippen molar-refractivity contribution >= 4 is 5.91 Å². The van der Waals surface area contributed by atoms with Crippen LogP contribution in [-0.4, -0.2) is 46.9 Å². The van der Waals surface area contributed by atoms with Crippen LogP contribution in [0.3, 0.4) is 0 Å². The highest BCUT2D eigenvalue weighted by atomic mass is 19.1. The molecule has 2 heterocycles. The van der Waals surface area contributed by atoms with Crippen molar-refractivity contribution in [3.63, 3.8) is 0 Å². The van der Waals surface area contributed by atoms with E-state index in [1.54, 1.807) is 36.7 Å². The standard InChI is InChI=1S/C18H17FN4O/c19-17-2-1-14(11-16(17)12-20)13-22-7-9-23(10-8-22)18(24)15-3-5-21-6-4-15/h1-6,11H,7-10,13H2. The van der Waals surface area contributed by atoms with Gasteiger partial charge in [-0.1, -0.05) is 6.07 Å². The monoisotopic (exact) mass is 324 g/mol. The molecule has 1 aliphatic heterocycles. The van der Waals surface area contributed by atoms with E-state index in [1.165, 1.54) is 6.07 Å². The molecule has 1 aliphatic rings. The van der Waals surface area contributed by atoms with Gasteiger partial charge in [0.25, 0.3) is 5.91 Å². The van der Waals surface area contributed by atoms with Crippen molar-refractivity contribution in [2.75, 3.05) is 26.2 Å². The van der Waals surface area contributed by atoms with E-state index in [1.807, 2.05) is 11.0 Å². The number of amides is 1. The SMILES string of the molecule is N#Cc1cc(CN2CCN(C(=O)c3ccncc3)CC2)ccc1F. The van der Waals surface area contributed by atoms with Crippen LogP contribution < -0.4 is 0 Å². The smallest absolute Gasteiger partial charge is 0.254 e. The van der Waals surface area contributed by atoms with Crippen molar-refractivity contribution in [3.05, 3.63) is 65.2 Å². The fraction of sp³-hybridized carbons (Fsp3) is 0.278. The molecular weight excluding hydrogens is 307 g/mol. The maximum absolute atomic E-state index is 13.4. The number of rotatable bonds is 3. The Morgan fingerprint density at radius 3 is 2.54 bits per heavy atom. The van der Waals surface area contributed by atoms with Gasteiger partial charge < -0.3 is 4.90 Å². The highest BCUT2D eigenvalue weighted by molar-refractivity contribution is 5.94. The summed E-state index contributed by atoms with van der Waals surface area (Å²) in [5, 5.41) is 8.90. The summed E-state index contributed by atoms with van der Waals surface area (Å²) in [6, 6.07) is 9.92. The van der Waals surface area contributed by atoms with Gasteiger partial charge in [0, 0.05) is 50.7 Å². The molecule has 1 fully saturated rings. The third-order valence-corrected chi connectivity index (χ3v) is 4.14.